The minimum atomic E-state index is -0.845. The van der Waals surface area contributed by atoms with Gasteiger partial charge >= 0.3 is 5.97 Å². The zero-order valence-electron chi connectivity index (χ0n) is 10.9. The molecule has 0 aromatic heterocycles. The van der Waals surface area contributed by atoms with Crippen molar-refractivity contribution in [2.24, 2.45) is 0 Å². The summed E-state index contributed by atoms with van der Waals surface area (Å²) in [4.78, 5) is 10.8. The summed E-state index contributed by atoms with van der Waals surface area (Å²) in [6, 6.07) is 4.08. The maximum absolute atomic E-state index is 10.8. The van der Waals surface area contributed by atoms with Crippen molar-refractivity contribution in [3.05, 3.63) is 39.4 Å². The summed E-state index contributed by atoms with van der Waals surface area (Å²) in [6.07, 6.45) is 2.25. The smallest absolute Gasteiger partial charge is 0.331 e. The van der Waals surface area contributed by atoms with Gasteiger partial charge in [-0.25, -0.2) is 4.79 Å². The lowest BCUT2D eigenvalue weighted by Gasteiger charge is -2.09. The summed E-state index contributed by atoms with van der Waals surface area (Å²) < 4.78 is 1.11. The van der Waals surface area contributed by atoms with Crippen LogP contribution in [0.15, 0.2) is 28.3 Å². The van der Waals surface area contributed by atoms with E-state index in [1.54, 1.807) is 6.08 Å². The number of carboxylic acid groups (broad SMARTS) is 1. The predicted molar refractivity (Wildman–Crippen MR) is 78.1 cm³/mol. The van der Waals surface area contributed by atoms with Crippen molar-refractivity contribution in [2.75, 3.05) is 11.9 Å². The molecule has 1 aromatic carbocycles. The average molecular weight is 312 g/mol. The fraction of sp³-hybridized carbons (Fsp3) is 0.357. The lowest BCUT2D eigenvalue weighted by Crippen LogP contribution is -2.05. The summed E-state index contributed by atoms with van der Waals surface area (Å²) >= 11 is 3.52. The SMILES string of the molecule is CC/C(=C/CNc1cc(C)c(Br)c(C)c1)C(=O)O. The second kappa shape index (κ2) is 6.59. The van der Waals surface area contributed by atoms with Gasteiger partial charge in [0.05, 0.1) is 0 Å². The molecule has 3 nitrogen and oxygen atoms in total. The van der Waals surface area contributed by atoms with Crippen LogP contribution in [0.1, 0.15) is 24.5 Å². The van der Waals surface area contributed by atoms with E-state index < -0.39 is 5.97 Å². The molecular weight excluding hydrogens is 294 g/mol. The number of benzene rings is 1. The molecule has 2 N–H and O–H groups in total. The lowest BCUT2D eigenvalue weighted by molar-refractivity contribution is -0.132. The fourth-order valence-corrected chi connectivity index (χ4v) is 1.95. The van der Waals surface area contributed by atoms with E-state index in [-0.39, 0.29) is 0 Å². The molecule has 1 rings (SSSR count). The van der Waals surface area contributed by atoms with Gasteiger partial charge in [-0.1, -0.05) is 28.9 Å². The summed E-state index contributed by atoms with van der Waals surface area (Å²) in [6.45, 7) is 6.43. The number of hydrogen-bond acceptors (Lipinski definition) is 2. The molecule has 0 amide bonds. The number of nitrogens with one attached hydrogen (secondary N) is 1. The first-order valence-corrected chi connectivity index (χ1v) is 6.68. The van der Waals surface area contributed by atoms with Gasteiger partial charge < -0.3 is 10.4 Å². The highest BCUT2D eigenvalue weighted by Crippen LogP contribution is 2.24. The van der Waals surface area contributed by atoms with Crippen LogP contribution in [0.25, 0.3) is 0 Å². The van der Waals surface area contributed by atoms with E-state index in [9.17, 15) is 4.79 Å². The third-order valence-electron chi connectivity index (χ3n) is 2.75. The Hall–Kier alpha value is -1.29. The van der Waals surface area contributed by atoms with Gasteiger partial charge in [-0.3, -0.25) is 0 Å². The first kappa shape index (κ1) is 14.8. The van der Waals surface area contributed by atoms with Crippen LogP contribution in [0.5, 0.6) is 0 Å². The van der Waals surface area contributed by atoms with E-state index >= 15 is 0 Å². The molecule has 0 unspecified atom stereocenters. The standard InChI is InChI=1S/C14H18BrNO2/c1-4-11(14(17)18)5-6-16-12-7-9(2)13(15)10(3)8-12/h5,7-8,16H,4,6H2,1-3H3,(H,17,18)/b11-5-. The molecule has 0 bridgehead atoms. The van der Waals surface area contributed by atoms with Crippen LogP contribution in [-0.4, -0.2) is 17.6 Å². The van der Waals surface area contributed by atoms with Crippen LogP contribution in [0.2, 0.25) is 0 Å². The second-order valence-electron chi connectivity index (χ2n) is 4.19. The summed E-state index contributed by atoms with van der Waals surface area (Å²) in [7, 11) is 0. The second-order valence-corrected chi connectivity index (χ2v) is 4.99. The number of aliphatic carboxylic acids is 1. The van der Waals surface area contributed by atoms with E-state index in [1.807, 2.05) is 32.9 Å². The number of anilines is 1. The van der Waals surface area contributed by atoms with Gasteiger partial charge in [-0.05, 0) is 43.5 Å². The predicted octanol–water partition coefficient (Wildman–Crippen LogP) is 3.90. The molecule has 4 heteroatoms. The van der Waals surface area contributed by atoms with Gasteiger partial charge in [0, 0.05) is 22.3 Å². The van der Waals surface area contributed by atoms with Crippen molar-refractivity contribution >= 4 is 27.6 Å². The maximum atomic E-state index is 10.8. The summed E-state index contributed by atoms with van der Waals surface area (Å²) in [5.41, 5.74) is 3.77. The van der Waals surface area contributed by atoms with Crippen LogP contribution < -0.4 is 5.32 Å². The zero-order valence-corrected chi connectivity index (χ0v) is 12.5. The van der Waals surface area contributed by atoms with Crippen molar-refractivity contribution in [1.82, 2.24) is 0 Å². The number of carbonyl (C=O) groups is 1. The third-order valence-corrected chi connectivity index (χ3v) is 4.00. The molecule has 0 aliphatic heterocycles. The van der Waals surface area contributed by atoms with Gasteiger partial charge in [0.1, 0.15) is 0 Å². The molecule has 18 heavy (non-hydrogen) atoms. The summed E-state index contributed by atoms with van der Waals surface area (Å²) in [5.74, 6) is -0.845. The number of halogens is 1. The normalized spacial score (nSPS) is 11.4. The van der Waals surface area contributed by atoms with E-state index in [1.165, 1.54) is 0 Å². The Morgan fingerprint density at radius 1 is 1.39 bits per heavy atom. The Kier molecular flexibility index (Phi) is 5.41. The van der Waals surface area contributed by atoms with Crippen molar-refractivity contribution in [1.29, 1.82) is 0 Å². The molecule has 0 atom stereocenters. The van der Waals surface area contributed by atoms with Crippen molar-refractivity contribution < 1.29 is 9.90 Å². The molecule has 0 fully saturated rings. The monoisotopic (exact) mass is 311 g/mol. The quantitative estimate of drug-likeness (QED) is 0.811. The Morgan fingerprint density at radius 3 is 2.39 bits per heavy atom. The fourth-order valence-electron chi connectivity index (χ4n) is 1.72. The van der Waals surface area contributed by atoms with E-state index in [4.69, 9.17) is 5.11 Å². The molecule has 0 heterocycles. The maximum Gasteiger partial charge on any atom is 0.331 e. The van der Waals surface area contributed by atoms with Crippen LogP contribution in [0.4, 0.5) is 5.69 Å². The van der Waals surface area contributed by atoms with Gasteiger partial charge in [-0.15, -0.1) is 0 Å². The third kappa shape index (κ3) is 3.88. The molecule has 0 spiro atoms. The first-order valence-electron chi connectivity index (χ1n) is 5.88. The minimum absolute atomic E-state index is 0.438. The van der Waals surface area contributed by atoms with Crippen LogP contribution in [0, 0.1) is 13.8 Å². The Morgan fingerprint density at radius 2 is 1.94 bits per heavy atom. The number of carboxylic acids is 1. The molecule has 0 radical (unpaired) electrons. The topological polar surface area (TPSA) is 49.3 Å². The lowest BCUT2D eigenvalue weighted by atomic mass is 10.1. The van der Waals surface area contributed by atoms with E-state index in [0.717, 1.165) is 21.3 Å². The molecular formula is C14H18BrNO2. The summed E-state index contributed by atoms with van der Waals surface area (Å²) in [5, 5.41) is 12.1. The van der Waals surface area contributed by atoms with E-state index in [0.29, 0.717) is 18.5 Å². The number of hydrogen-bond donors (Lipinski definition) is 2. The van der Waals surface area contributed by atoms with Crippen LogP contribution in [-0.2, 0) is 4.79 Å². The molecule has 0 saturated heterocycles. The van der Waals surface area contributed by atoms with Crippen molar-refractivity contribution in [3.8, 4) is 0 Å². The van der Waals surface area contributed by atoms with Crippen LogP contribution in [0.3, 0.4) is 0 Å². The zero-order chi connectivity index (χ0) is 13.7. The highest BCUT2D eigenvalue weighted by molar-refractivity contribution is 9.10. The van der Waals surface area contributed by atoms with Crippen molar-refractivity contribution in [2.45, 2.75) is 27.2 Å². The molecule has 98 valence electrons. The molecule has 1 aromatic rings. The van der Waals surface area contributed by atoms with Gasteiger partial charge in [0.2, 0.25) is 0 Å². The number of rotatable bonds is 5. The van der Waals surface area contributed by atoms with E-state index in [2.05, 4.69) is 21.2 Å². The van der Waals surface area contributed by atoms with Gasteiger partial charge in [0.15, 0.2) is 0 Å². The number of aryl methyl sites for hydroxylation is 2. The molecule has 0 saturated carbocycles. The minimum Gasteiger partial charge on any atom is -0.478 e. The highest BCUT2D eigenvalue weighted by Gasteiger charge is 2.04. The Labute approximate surface area is 116 Å². The Balaban J connectivity index is 2.73. The first-order chi connectivity index (χ1) is 8.45. The average Bonchev–Trinajstić information content (AvgIpc) is 2.31. The van der Waals surface area contributed by atoms with Gasteiger partial charge in [-0.2, -0.15) is 0 Å². The Bertz CT molecular complexity index is 458. The molecule has 0 aliphatic carbocycles. The van der Waals surface area contributed by atoms with Crippen LogP contribution >= 0.6 is 15.9 Å². The highest BCUT2D eigenvalue weighted by atomic mass is 79.9. The largest absolute Gasteiger partial charge is 0.478 e. The van der Waals surface area contributed by atoms with Gasteiger partial charge in [0.25, 0.3) is 0 Å². The molecule has 0 aliphatic rings. The van der Waals surface area contributed by atoms with Crippen molar-refractivity contribution in [3.63, 3.8) is 0 Å².